The Balaban J connectivity index is 1.69. The van der Waals surface area contributed by atoms with Gasteiger partial charge in [0.1, 0.15) is 0 Å². The summed E-state index contributed by atoms with van der Waals surface area (Å²) in [6.07, 6.45) is 0. The number of nitro benzene ring substituents is 1. The number of hydrogen-bond donors (Lipinski definition) is 1. The van der Waals surface area contributed by atoms with Crippen LogP contribution in [0.25, 0.3) is 11.5 Å². The molecule has 0 amide bonds. The lowest BCUT2D eigenvalue weighted by molar-refractivity contribution is -0.384. The second-order valence-electron chi connectivity index (χ2n) is 4.01. The highest BCUT2D eigenvalue weighted by Crippen LogP contribution is 2.27. The Morgan fingerprint density at radius 2 is 2.09 bits per heavy atom. The molecule has 1 aromatic carbocycles. The molecule has 0 aliphatic carbocycles. The number of hydrogen-bond acceptors (Lipinski definition) is 10. The van der Waals surface area contributed by atoms with Gasteiger partial charge in [-0.3, -0.25) is 10.1 Å². The molecule has 0 aliphatic heterocycles. The summed E-state index contributed by atoms with van der Waals surface area (Å²) in [6, 6.07) is 5.90. The smallest absolute Gasteiger partial charge is 0.269 e. The molecule has 2 N–H and O–H groups in total. The van der Waals surface area contributed by atoms with Gasteiger partial charge in [0.05, 0.1) is 10.7 Å². The summed E-state index contributed by atoms with van der Waals surface area (Å²) in [5.41, 5.74) is 6.12. The van der Waals surface area contributed by atoms with Gasteiger partial charge < -0.3 is 10.3 Å². The molecule has 0 radical (unpaired) electrons. The molecule has 11 heteroatoms. The number of thioether (sulfide) groups is 1. The molecule has 3 aromatic rings. The molecule has 0 saturated carbocycles. The Hall–Kier alpha value is -2.53. The predicted octanol–water partition coefficient (Wildman–Crippen LogP) is 2.37. The quantitative estimate of drug-likeness (QED) is 0.423. The second kappa shape index (κ2) is 6.07. The van der Waals surface area contributed by atoms with Crippen molar-refractivity contribution in [3.05, 3.63) is 40.2 Å². The Bertz CT molecular complexity index is 800. The lowest BCUT2D eigenvalue weighted by Gasteiger charge is -1.93. The third-order valence-electron chi connectivity index (χ3n) is 2.54. The summed E-state index contributed by atoms with van der Waals surface area (Å²) in [7, 11) is 0. The van der Waals surface area contributed by atoms with Crippen molar-refractivity contribution in [3.8, 4) is 11.5 Å². The van der Waals surface area contributed by atoms with Crippen LogP contribution >= 0.6 is 23.1 Å². The van der Waals surface area contributed by atoms with Crippen LogP contribution in [-0.4, -0.2) is 25.3 Å². The van der Waals surface area contributed by atoms with E-state index < -0.39 is 4.92 Å². The molecule has 2 aromatic heterocycles. The number of non-ortho nitro benzene ring substituents is 1. The second-order valence-corrected chi connectivity index (χ2v) is 6.25. The Morgan fingerprint density at radius 3 is 2.73 bits per heavy atom. The third-order valence-corrected chi connectivity index (χ3v) is 4.42. The molecule has 2 heterocycles. The summed E-state index contributed by atoms with van der Waals surface area (Å²) in [4.78, 5) is 14.4. The molecule has 0 bridgehead atoms. The van der Waals surface area contributed by atoms with Crippen LogP contribution in [0.1, 0.15) is 5.82 Å². The van der Waals surface area contributed by atoms with Crippen LogP contribution in [0.5, 0.6) is 0 Å². The monoisotopic (exact) mass is 336 g/mol. The first-order valence-electron chi connectivity index (χ1n) is 5.91. The first kappa shape index (κ1) is 14.4. The van der Waals surface area contributed by atoms with E-state index in [4.69, 9.17) is 10.3 Å². The van der Waals surface area contributed by atoms with Crippen molar-refractivity contribution in [1.82, 2.24) is 20.3 Å². The number of nitrogens with zero attached hydrogens (tertiary/aromatic N) is 5. The van der Waals surface area contributed by atoms with E-state index >= 15 is 0 Å². The number of aromatic nitrogens is 4. The van der Waals surface area contributed by atoms with Crippen LogP contribution in [0.3, 0.4) is 0 Å². The fourth-order valence-corrected chi connectivity index (χ4v) is 3.04. The highest BCUT2D eigenvalue weighted by atomic mass is 32.2. The fourth-order valence-electron chi connectivity index (χ4n) is 1.56. The molecule has 0 atom stereocenters. The van der Waals surface area contributed by atoms with Crippen LogP contribution in [0, 0.1) is 10.1 Å². The maximum atomic E-state index is 10.6. The number of rotatable bonds is 5. The maximum absolute atomic E-state index is 10.6. The first-order chi connectivity index (χ1) is 10.6. The summed E-state index contributed by atoms with van der Waals surface area (Å²) >= 11 is 2.68. The minimum absolute atomic E-state index is 0.00732. The van der Waals surface area contributed by atoms with E-state index in [1.807, 2.05) is 0 Å². The lowest BCUT2D eigenvalue weighted by atomic mass is 10.2. The first-order valence-corrected chi connectivity index (χ1v) is 7.71. The summed E-state index contributed by atoms with van der Waals surface area (Å²) in [5, 5.41) is 22.5. The molecule has 0 fully saturated rings. The highest BCUT2D eigenvalue weighted by molar-refractivity contribution is 8.00. The zero-order valence-electron chi connectivity index (χ0n) is 10.9. The van der Waals surface area contributed by atoms with Gasteiger partial charge in [0.15, 0.2) is 10.2 Å². The van der Waals surface area contributed by atoms with E-state index in [1.165, 1.54) is 35.2 Å². The normalized spacial score (nSPS) is 10.7. The van der Waals surface area contributed by atoms with Crippen molar-refractivity contribution < 1.29 is 9.45 Å². The maximum Gasteiger partial charge on any atom is 0.269 e. The number of nitrogen functional groups attached to an aromatic ring is 1. The number of benzene rings is 1. The van der Waals surface area contributed by atoms with Gasteiger partial charge in [-0.15, -0.1) is 10.2 Å². The van der Waals surface area contributed by atoms with Gasteiger partial charge in [0, 0.05) is 17.7 Å². The topological polar surface area (TPSA) is 134 Å². The molecular weight excluding hydrogens is 328 g/mol. The van der Waals surface area contributed by atoms with Crippen LogP contribution in [0.15, 0.2) is 33.1 Å². The van der Waals surface area contributed by atoms with Crippen molar-refractivity contribution >= 4 is 33.9 Å². The van der Waals surface area contributed by atoms with Gasteiger partial charge in [-0.05, 0) is 12.1 Å². The Kier molecular flexibility index (Phi) is 3.98. The van der Waals surface area contributed by atoms with Crippen LogP contribution in [0.4, 0.5) is 10.8 Å². The van der Waals surface area contributed by atoms with Gasteiger partial charge >= 0.3 is 0 Å². The number of nitro groups is 1. The average Bonchev–Trinajstić information content (AvgIpc) is 3.14. The molecule has 3 rings (SSSR count). The summed E-state index contributed by atoms with van der Waals surface area (Å²) in [5.74, 6) is 1.26. The van der Waals surface area contributed by atoms with Gasteiger partial charge in [0.25, 0.3) is 11.6 Å². The minimum atomic E-state index is -0.465. The van der Waals surface area contributed by atoms with Crippen molar-refractivity contribution in [2.24, 2.45) is 0 Å². The molecule has 0 aliphatic rings. The van der Waals surface area contributed by atoms with Gasteiger partial charge in [-0.25, -0.2) is 0 Å². The van der Waals surface area contributed by atoms with Crippen molar-refractivity contribution in [1.29, 1.82) is 0 Å². The zero-order chi connectivity index (χ0) is 15.5. The fraction of sp³-hybridized carbons (Fsp3) is 0.0909. The van der Waals surface area contributed by atoms with Crippen LogP contribution < -0.4 is 5.73 Å². The molecule has 0 unspecified atom stereocenters. The molecular formula is C11H8N6O3S2. The van der Waals surface area contributed by atoms with Gasteiger partial charge in [-0.1, -0.05) is 28.3 Å². The number of nitrogens with two attached hydrogens (primary N) is 1. The number of anilines is 1. The highest BCUT2D eigenvalue weighted by Gasteiger charge is 2.12. The van der Waals surface area contributed by atoms with Crippen LogP contribution in [-0.2, 0) is 5.75 Å². The minimum Gasteiger partial charge on any atom is -0.374 e. The van der Waals surface area contributed by atoms with E-state index in [9.17, 15) is 10.1 Å². The third kappa shape index (κ3) is 3.20. The lowest BCUT2D eigenvalue weighted by Crippen LogP contribution is -1.87. The standard InChI is InChI=1S/C11H8N6O3S2/c12-10-14-15-11(22-10)21-5-8-13-9(20-16-8)6-1-3-7(4-2-6)17(18)19/h1-4H,5H2,(H2,12,14). The zero-order valence-corrected chi connectivity index (χ0v) is 12.5. The molecule has 22 heavy (non-hydrogen) atoms. The molecule has 112 valence electrons. The Morgan fingerprint density at radius 1 is 1.32 bits per heavy atom. The van der Waals surface area contributed by atoms with E-state index in [1.54, 1.807) is 12.1 Å². The molecule has 0 spiro atoms. The van der Waals surface area contributed by atoms with E-state index in [-0.39, 0.29) is 5.69 Å². The summed E-state index contributed by atoms with van der Waals surface area (Å²) in [6.45, 7) is 0. The SMILES string of the molecule is Nc1nnc(SCc2noc(-c3ccc([N+](=O)[O-])cc3)n2)s1. The predicted molar refractivity (Wildman–Crippen MR) is 80.3 cm³/mol. The van der Waals surface area contributed by atoms with E-state index in [2.05, 4.69) is 20.3 Å². The largest absolute Gasteiger partial charge is 0.374 e. The van der Waals surface area contributed by atoms with Crippen molar-refractivity contribution in [2.45, 2.75) is 10.1 Å². The molecule has 9 nitrogen and oxygen atoms in total. The average molecular weight is 336 g/mol. The van der Waals surface area contributed by atoms with E-state index in [0.717, 1.165) is 4.34 Å². The van der Waals surface area contributed by atoms with Crippen molar-refractivity contribution in [2.75, 3.05) is 5.73 Å². The van der Waals surface area contributed by atoms with E-state index in [0.29, 0.717) is 28.2 Å². The van der Waals surface area contributed by atoms with Gasteiger partial charge in [0.2, 0.25) is 5.13 Å². The van der Waals surface area contributed by atoms with Crippen LogP contribution in [0.2, 0.25) is 0 Å². The molecule has 0 saturated heterocycles. The van der Waals surface area contributed by atoms with Crippen molar-refractivity contribution in [3.63, 3.8) is 0 Å². The van der Waals surface area contributed by atoms with Gasteiger partial charge in [-0.2, -0.15) is 4.98 Å². The Labute approximate surface area is 131 Å². The summed E-state index contributed by atoms with van der Waals surface area (Å²) < 4.78 is 5.86.